The second-order valence-corrected chi connectivity index (χ2v) is 5.30. The zero-order valence-corrected chi connectivity index (χ0v) is 13.5. The Kier molecular flexibility index (Phi) is 5.73. The number of pyridine rings is 2. The van der Waals surface area contributed by atoms with Gasteiger partial charge in [0.2, 0.25) is 5.88 Å². The van der Waals surface area contributed by atoms with Gasteiger partial charge in [0, 0.05) is 37.1 Å². The predicted molar refractivity (Wildman–Crippen MR) is 80.9 cm³/mol. The highest BCUT2D eigenvalue weighted by Crippen LogP contribution is 2.31. The summed E-state index contributed by atoms with van der Waals surface area (Å²) in [5.41, 5.74) is -1.98. The van der Waals surface area contributed by atoms with E-state index in [1.807, 2.05) is 0 Å². The molecule has 2 rings (SSSR count). The maximum absolute atomic E-state index is 13.0. The van der Waals surface area contributed by atoms with Crippen LogP contribution in [0, 0.1) is 0 Å². The molecular formula is C16H14F5N3O2. The van der Waals surface area contributed by atoms with Gasteiger partial charge >= 0.3 is 6.18 Å². The smallest absolute Gasteiger partial charge is 0.417 e. The van der Waals surface area contributed by atoms with Crippen LogP contribution < -0.4 is 10.1 Å². The minimum absolute atomic E-state index is 0.0459. The lowest BCUT2D eigenvalue weighted by Crippen LogP contribution is -2.30. The van der Waals surface area contributed by atoms with Crippen LogP contribution >= 0.6 is 0 Å². The van der Waals surface area contributed by atoms with Gasteiger partial charge in [0.25, 0.3) is 11.8 Å². The lowest BCUT2D eigenvalue weighted by molar-refractivity contribution is -0.138. The molecule has 0 fully saturated rings. The van der Waals surface area contributed by atoms with E-state index in [1.165, 1.54) is 6.07 Å². The first kappa shape index (κ1) is 19.5. The summed E-state index contributed by atoms with van der Waals surface area (Å²) in [6.07, 6.45) is -1.96. The normalized spacial score (nSPS) is 11.9. The van der Waals surface area contributed by atoms with Gasteiger partial charge in [0.1, 0.15) is 6.61 Å². The van der Waals surface area contributed by atoms with E-state index in [9.17, 15) is 26.7 Å². The van der Waals surface area contributed by atoms with Gasteiger partial charge in [0.05, 0.1) is 17.7 Å². The van der Waals surface area contributed by atoms with E-state index in [0.29, 0.717) is 6.07 Å². The second-order valence-electron chi connectivity index (χ2n) is 5.30. The second kappa shape index (κ2) is 7.63. The number of amides is 1. The van der Waals surface area contributed by atoms with E-state index in [-0.39, 0.29) is 24.6 Å². The van der Waals surface area contributed by atoms with E-state index in [2.05, 4.69) is 15.3 Å². The van der Waals surface area contributed by atoms with Crippen molar-refractivity contribution in [2.45, 2.75) is 19.0 Å². The topological polar surface area (TPSA) is 64.1 Å². The van der Waals surface area contributed by atoms with Crippen LogP contribution in [0.4, 0.5) is 22.0 Å². The molecule has 0 radical (unpaired) electrons. The zero-order valence-electron chi connectivity index (χ0n) is 13.5. The SMILES string of the molecule is CC(F)(F)c1ccc(OCCNC(=O)c2cnccc2C(F)(F)F)nc1. The zero-order chi connectivity index (χ0) is 19.4. The minimum Gasteiger partial charge on any atom is -0.476 e. The lowest BCUT2D eigenvalue weighted by atomic mass is 10.1. The quantitative estimate of drug-likeness (QED) is 0.621. The molecule has 0 aliphatic rings. The Balaban J connectivity index is 1.88. The Labute approximate surface area is 145 Å². The summed E-state index contributed by atoms with van der Waals surface area (Å²) in [6, 6.07) is 3.09. The molecule has 0 spiro atoms. The van der Waals surface area contributed by atoms with Crippen molar-refractivity contribution in [3.63, 3.8) is 0 Å². The van der Waals surface area contributed by atoms with Gasteiger partial charge in [-0.15, -0.1) is 0 Å². The predicted octanol–water partition coefficient (Wildman–Crippen LogP) is 3.42. The van der Waals surface area contributed by atoms with Gasteiger partial charge in [-0.2, -0.15) is 13.2 Å². The largest absolute Gasteiger partial charge is 0.476 e. The molecule has 0 saturated heterocycles. The first-order chi connectivity index (χ1) is 12.1. The lowest BCUT2D eigenvalue weighted by Gasteiger charge is -2.13. The maximum Gasteiger partial charge on any atom is 0.417 e. The number of alkyl halides is 5. The molecule has 2 aromatic rings. The molecular weight excluding hydrogens is 361 g/mol. The number of aromatic nitrogens is 2. The summed E-state index contributed by atoms with van der Waals surface area (Å²) >= 11 is 0. The highest BCUT2D eigenvalue weighted by molar-refractivity contribution is 5.95. The third kappa shape index (κ3) is 5.11. The van der Waals surface area contributed by atoms with Crippen LogP contribution in [0.25, 0.3) is 0 Å². The fraction of sp³-hybridized carbons (Fsp3) is 0.312. The van der Waals surface area contributed by atoms with Gasteiger partial charge in [-0.3, -0.25) is 9.78 Å². The first-order valence-corrected chi connectivity index (χ1v) is 7.35. The molecule has 1 N–H and O–H groups in total. The fourth-order valence-electron chi connectivity index (χ4n) is 1.96. The monoisotopic (exact) mass is 375 g/mol. The van der Waals surface area contributed by atoms with Gasteiger partial charge < -0.3 is 10.1 Å². The molecule has 0 aliphatic heterocycles. The van der Waals surface area contributed by atoms with Crippen molar-refractivity contribution in [1.82, 2.24) is 15.3 Å². The van der Waals surface area contributed by atoms with Crippen LogP contribution in [0.3, 0.4) is 0 Å². The molecule has 5 nitrogen and oxygen atoms in total. The molecule has 26 heavy (non-hydrogen) atoms. The average Bonchev–Trinajstić information content (AvgIpc) is 2.57. The fourth-order valence-corrected chi connectivity index (χ4v) is 1.96. The molecule has 0 aromatic carbocycles. The molecule has 0 atom stereocenters. The third-order valence-electron chi connectivity index (χ3n) is 3.25. The molecule has 0 saturated carbocycles. The summed E-state index contributed by atoms with van der Waals surface area (Å²) in [5, 5.41) is 2.27. The Bertz CT molecular complexity index is 758. The number of carbonyl (C=O) groups is 1. The summed E-state index contributed by atoms with van der Waals surface area (Å²) in [7, 11) is 0. The van der Waals surface area contributed by atoms with Crippen LogP contribution in [0.15, 0.2) is 36.8 Å². The van der Waals surface area contributed by atoms with Crippen molar-refractivity contribution >= 4 is 5.91 Å². The molecule has 2 aromatic heterocycles. The molecule has 140 valence electrons. The number of ether oxygens (including phenoxy) is 1. The molecule has 0 aliphatic carbocycles. The number of hydrogen-bond acceptors (Lipinski definition) is 4. The average molecular weight is 375 g/mol. The number of halogens is 5. The molecule has 0 bridgehead atoms. The standard InChI is InChI=1S/C16H14F5N3O2/c1-15(17,18)10-2-3-13(24-8-10)26-7-6-23-14(25)11-9-22-5-4-12(11)16(19,20)21/h2-5,8-9H,6-7H2,1H3,(H,23,25). The Morgan fingerprint density at radius 3 is 2.46 bits per heavy atom. The van der Waals surface area contributed by atoms with E-state index >= 15 is 0 Å². The molecule has 2 heterocycles. The highest BCUT2D eigenvalue weighted by atomic mass is 19.4. The van der Waals surface area contributed by atoms with Crippen molar-refractivity contribution < 1.29 is 31.5 Å². The van der Waals surface area contributed by atoms with Crippen molar-refractivity contribution in [1.29, 1.82) is 0 Å². The van der Waals surface area contributed by atoms with Crippen LogP contribution in [0.2, 0.25) is 0 Å². The van der Waals surface area contributed by atoms with Crippen LogP contribution in [-0.2, 0) is 12.1 Å². The summed E-state index contributed by atoms with van der Waals surface area (Å²) < 4.78 is 69.8. The Morgan fingerprint density at radius 2 is 1.88 bits per heavy atom. The Morgan fingerprint density at radius 1 is 1.15 bits per heavy atom. The minimum atomic E-state index is -4.68. The van der Waals surface area contributed by atoms with Gasteiger partial charge in [-0.25, -0.2) is 13.8 Å². The Hall–Kier alpha value is -2.78. The van der Waals surface area contributed by atoms with Crippen molar-refractivity contribution in [3.05, 3.63) is 53.5 Å². The van der Waals surface area contributed by atoms with Crippen LogP contribution in [-0.4, -0.2) is 29.0 Å². The van der Waals surface area contributed by atoms with Crippen LogP contribution in [0.1, 0.15) is 28.4 Å². The number of carbonyl (C=O) groups excluding carboxylic acids is 1. The van der Waals surface area contributed by atoms with E-state index in [0.717, 1.165) is 31.6 Å². The van der Waals surface area contributed by atoms with Crippen LogP contribution in [0.5, 0.6) is 5.88 Å². The summed E-state index contributed by atoms with van der Waals surface area (Å²) in [6.45, 7) is 0.508. The van der Waals surface area contributed by atoms with Crippen molar-refractivity contribution in [2.24, 2.45) is 0 Å². The molecule has 1 amide bonds. The third-order valence-corrected chi connectivity index (χ3v) is 3.25. The van der Waals surface area contributed by atoms with E-state index < -0.39 is 29.1 Å². The highest BCUT2D eigenvalue weighted by Gasteiger charge is 2.35. The van der Waals surface area contributed by atoms with Crippen molar-refractivity contribution in [2.75, 3.05) is 13.2 Å². The number of hydrogen-bond donors (Lipinski definition) is 1. The van der Waals surface area contributed by atoms with Gasteiger partial charge in [-0.1, -0.05) is 0 Å². The van der Waals surface area contributed by atoms with E-state index in [4.69, 9.17) is 4.74 Å². The molecule has 0 unspecified atom stereocenters. The summed E-state index contributed by atoms with van der Waals surface area (Å²) in [4.78, 5) is 19.1. The number of nitrogens with zero attached hydrogens (tertiary/aromatic N) is 2. The van der Waals surface area contributed by atoms with Crippen molar-refractivity contribution in [3.8, 4) is 5.88 Å². The molecule has 10 heteroatoms. The van der Waals surface area contributed by atoms with Gasteiger partial charge in [0.15, 0.2) is 0 Å². The first-order valence-electron chi connectivity index (χ1n) is 7.35. The van der Waals surface area contributed by atoms with E-state index in [1.54, 1.807) is 0 Å². The number of nitrogens with one attached hydrogen (secondary N) is 1. The number of rotatable bonds is 6. The maximum atomic E-state index is 13.0. The summed E-state index contributed by atoms with van der Waals surface area (Å²) in [5.74, 6) is -3.94. The van der Waals surface area contributed by atoms with Gasteiger partial charge in [-0.05, 0) is 12.1 Å².